The first-order valence-electron chi connectivity index (χ1n) is 0. The summed E-state index contributed by atoms with van der Waals surface area (Å²) in [7, 11) is 0. The molecule has 4 radical (unpaired) electrons. The molecule has 0 bridgehead atoms. The van der Waals surface area contributed by atoms with Gasteiger partial charge in [-0.2, -0.15) is 0 Å². The first-order valence-corrected chi connectivity index (χ1v) is 0. The van der Waals surface area contributed by atoms with E-state index in [1.807, 2.05) is 0 Å². The molecular weight excluding hydrogens is 252 g/mol. The van der Waals surface area contributed by atoms with Crippen molar-refractivity contribution in [3.8, 4) is 0 Å². The second-order valence-corrected chi connectivity index (χ2v) is 0. The van der Waals surface area contributed by atoms with Crippen LogP contribution in [0.5, 0.6) is 0 Å². The minimum absolute atomic E-state index is 0. The standard InChI is InChI=1S/4Na.10H2O/h;;;;10*1H2. The molecule has 14 heavy (non-hydrogen) atoms. The van der Waals surface area contributed by atoms with Crippen molar-refractivity contribution in [2.45, 2.75) is 0 Å². The van der Waals surface area contributed by atoms with Gasteiger partial charge in [-0.15, -0.1) is 0 Å². The number of hydrogen-bond acceptors (Lipinski definition) is 0. The van der Waals surface area contributed by atoms with Crippen molar-refractivity contribution in [1.29, 1.82) is 0 Å². The van der Waals surface area contributed by atoms with Crippen molar-refractivity contribution in [3.63, 3.8) is 0 Å². The fraction of sp³-hybridized carbons (Fsp3) is 0. The van der Waals surface area contributed by atoms with Gasteiger partial charge in [-0.1, -0.05) is 0 Å². The van der Waals surface area contributed by atoms with E-state index in [1.165, 1.54) is 0 Å². The van der Waals surface area contributed by atoms with Gasteiger partial charge in [-0.25, -0.2) is 0 Å². The minimum Gasteiger partial charge on any atom is -0.412 e. The predicted octanol–water partition coefficient (Wildman–Crippen LogP) is -9.77. The Hall–Kier alpha value is 3.60. The molecule has 0 saturated heterocycles. The van der Waals surface area contributed by atoms with Crippen molar-refractivity contribution in [2.75, 3.05) is 0 Å². The van der Waals surface area contributed by atoms with Crippen molar-refractivity contribution in [2.24, 2.45) is 0 Å². The van der Waals surface area contributed by atoms with Crippen LogP contribution in [-0.2, 0) is 0 Å². The summed E-state index contributed by atoms with van der Waals surface area (Å²) in [6, 6.07) is 0. The van der Waals surface area contributed by atoms with Crippen LogP contribution in [0.2, 0.25) is 0 Å². The van der Waals surface area contributed by atoms with Gasteiger partial charge in [-0.05, 0) is 0 Å². The Labute approximate surface area is 170 Å². The zero-order valence-electron chi connectivity index (χ0n) is 9.00. The summed E-state index contributed by atoms with van der Waals surface area (Å²) in [5.74, 6) is 0. The van der Waals surface area contributed by atoms with E-state index in [4.69, 9.17) is 0 Å². The van der Waals surface area contributed by atoms with Gasteiger partial charge in [0.05, 0.1) is 0 Å². The molecule has 10 nitrogen and oxygen atoms in total. The second-order valence-electron chi connectivity index (χ2n) is 0. The van der Waals surface area contributed by atoms with Gasteiger partial charge in [-0.3, -0.25) is 0 Å². The molecule has 0 rings (SSSR count). The van der Waals surface area contributed by atoms with Crippen LogP contribution in [0.1, 0.15) is 0 Å². The zero-order chi connectivity index (χ0) is 0. The monoisotopic (exact) mass is 272 g/mol. The molecule has 0 heterocycles. The van der Waals surface area contributed by atoms with E-state index in [0.717, 1.165) is 0 Å². The molecule has 0 saturated carbocycles. The van der Waals surface area contributed by atoms with Crippen molar-refractivity contribution < 1.29 is 54.8 Å². The van der Waals surface area contributed by atoms with Crippen molar-refractivity contribution >= 4 is 118 Å². The third-order valence-corrected chi connectivity index (χ3v) is 0. The summed E-state index contributed by atoms with van der Waals surface area (Å²) in [6.45, 7) is 0. The smallest absolute Gasteiger partial charge is 0 e. The van der Waals surface area contributed by atoms with Crippen LogP contribution in [0.15, 0.2) is 0 Å². The summed E-state index contributed by atoms with van der Waals surface area (Å²) in [6.07, 6.45) is 0. The van der Waals surface area contributed by atoms with Gasteiger partial charge in [0.15, 0.2) is 0 Å². The van der Waals surface area contributed by atoms with Crippen LogP contribution in [0, 0.1) is 0 Å². The molecule has 0 fully saturated rings. The molecule has 0 atom stereocenters. The topological polar surface area (TPSA) is 315 Å². The Kier molecular flexibility index (Phi) is 8330. The maximum Gasteiger partial charge on any atom is 0 e. The molecule has 84 valence electrons. The maximum atomic E-state index is 0. The third kappa shape index (κ3) is 257. The van der Waals surface area contributed by atoms with Crippen LogP contribution in [0.4, 0.5) is 0 Å². The predicted molar refractivity (Wildman–Crippen MR) is 59.2 cm³/mol. The van der Waals surface area contributed by atoms with Gasteiger partial charge >= 0.3 is 0 Å². The van der Waals surface area contributed by atoms with Gasteiger partial charge < -0.3 is 54.8 Å². The van der Waals surface area contributed by atoms with Gasteiger partial charge in [0, 0.05) is 118 Å². The van der Waals surface area contributed by atoms with Crippen LogP contribution in [-0.4, -0.2) is 173 Å². The van der Waals surface area contributed by atoms with Gasteiger partial charge in [0.1, 0.15) is 0 Å². The molecule has 0 spiro atoms. The minimum atomic E-state index is 0. The van der Waals surface area contributed by atoms with Crippen molar-refractivity contribution in [1.82, 2.24) is 0 Å². The van der Waals surface area contributed by atoms with E-state index in [2.05, 4.69) is 0 Å². The maximum absolute atomic E-state index is 0. The van der Waals surface area contributed by atoms with Gasteiger partial charge in [0.2, 0.25) is 0 Å². The normalized spacial score (nSPS) is 0. The van der Waals surface area contributed by atoms with E-state index >= 15 is 0 Å². The summed E-state index contributed by atoms with van der Waals surface area (Å²) in [5.41, 5.74) is 0. The Morgan fingerprint density at radius 3 is 0.143 bits per heavy atom. The molecule has 0 unspecified atom stereocenters. The van der Waals surface area contributed by atoms with Crippen LogP contribution < -0.4 is 0 Å². The molecule has 0 amide bonds. The fourth-order valence-corrected chi connectivity index (χ4v) is 0. The summed E-state index contributed by atoms with van der Waals surface area (Å²) >= 11 is 0. The third-order valence-electron chi connectivity index (χ3n) is 0. The molecule has 0 aromatic rings. The molecule has 0 aromatic carbocycles. The Bertz CT molecular complexity index is 12.1. The molecule has 14 heteroatoms. The average molecular weight is 272 g/mol. The average Bonchev–Trinajstić information content (AvgIpc) is 0. The first-order chi connectivity index (χ1) is 0. The number of rotatable bonds is 0. The quantitative estimate of drug-likeness (QED) is 0.370. The second kappa shape index (κ2) is 312. The van der Waals surface area contributed by atoms with Crippen molar-refractivity contribution in [3.05, 3.63) is 0 Å². The molecule has 0 aromatic heterocycles. The van der Waals surface area contributed by atoms with Gasteiger partial charge in [0.25, 0.3) is 0 Å². The summed E-state index contributed by atoms with van der Waals surface area (Å²) in [4.78, 5) is 0. The molecule has 0 aliphatic carbocycles. The SMILES string of the molecule is O.O.O.O.O.O.O.O.O.O.[Na].[Na].[Na].[Na]. The Balaban J connectivity index is 0. The largest absolute Gasteiger partial charge is 0.412 e. The Morgan fingerprint density at radius 2 is 0.143 bits per heavy atom. The molecular formula is H20Na4O10. The molecule has 0 aliphatic heterocycles. The zero-order valence-corrected chi connectivity index (χ0v) is 17.0. The number of hydrogen-bond donors (Lipinski definition) is 0. The van der Waals surface area contributed by atoms with E-state index < -0.39 is 0 Å². The van der Waals surface area contributed by atoms with Crippen LogP contribution in [0.3, 0.4) is 0 Å². The molecule has 0 aliphatic rings. The summed E-state index contributed by atoms with van der Waals surface area (Å²) in [5, 5.41) is 0. The van der Waals surface area contributed by atoms with E-state index in [-0.39, 0.29) is 173 Å². The fourth-order valence-electron chi connectivity index (χ4n) is 0. The molecule has 20 N–H and O–H groups in total. The summed E-state index contributed by atoms with van der Waals surface area (Å²) < 4.78 is 0. The van der Waals surface area contributed by atoms with E-state index in [0.29, 0.717) is 0 Å². The van der Waals surface area contributed by atoms with E-state index in [1.54, 1.807) is 0 Å². The van der Waals surface area contributed by atoms with E-state index in [9.17, 15) is 0 Å². The van der Waals surface area contributed by atoms with Crippen LogP contribution in [0.25, 0.3) is 0 Å². The van der Waals surface area contributed by atoms with Crippen LogP contribution >= 0.6 is 0 Å². The first kappa shape index (κ1) is 374. The Morgan fingerprint density at radius 1 is 0.143 bits per heavy atom.